The zero-order chi connectivity index (χ0) is 13.9. The summed E-state index contributed by atoms with van der Waals surface area (Å²) in [5.41, 5.74) is 6.16. The Bertz CT molecular complexity index is 395. The maximum absolute atomic E-state index is 11.3. The molecule has 104 valence electrons. The van der Waals surface area contributed by atoms with Crippen LogP contribution >= 0.6 is 0 Å². The summed E-state index contributed by atoms with van der Waals surface area (Å²) in [4.78, 5) is 22.1. The predicted octanol–water partition coefficient (Wildman–Crippen LogP) is -0.320. The molecule has 0 saturated heterocycles. The summed E-state index contributed by atoms with van der Waals surface area (Å²) in [5, 5.41) is 8.36. The minimum absolute atomic E-state index is 0.0256. The molecule has 0 bridgehead atoms. The van der Waals surface area contributed by atoms with Crippen molar-refractivity contribution in [2.45, 2.75) is 6.42 Å². The van der Waals surface area contributed by atoms with Crippen molar-refractivity contribution in [3.8, 4) is 0 Å². The molecule has 0 saturated carbocycles. The number of rotatable bonds is 8. The summed E-state index contributed by atoms with van der Waals surface area (Å²) >= 11 is 0. The highest BCUT2D eigenvalue weighted by atomic mass is 16.2. The van der Waals surface area contributed by atoms with Crippen LogP contribution in [0.2, 0.25) is 0 Å². The van der Waals surface area contributed by atoms with Crippen LogP contribution in [0.4, 0.5) is 5.69 Å². The van der Waals surface area contributed by atoms with E-state index in [1.54, 1.807) is 0 Å². The van der Waals surface area contributed by atoms with Crippen LogP contribution in [0.1, 0.15) is 6.42 Å². The highest BCUT2D eigenvalue weighted by molar-refractivity contribution is 5.85. The fraction of sp³-hybridized carbons (Fsp3) is 0.385. The van der Waals surface area contributed by atoms with Gasteiger partial charge in [-0.05, 0) is 18.6 Å². The first-order valence-electron chi connectivity index (χ1n) is 6.24. The van der Waals surface area contributed by atoms with Crippen molar-refractivity contribution in [2.24, 2.45) is 5.73 Å². The minimum atomic E-state index is -0.333. The lowest BCUT2D eigenvalue weighted by atomic mass is 10.3. The van der Waals surface area contributed by atoms with Gasteiger partial charge >= 0.3 is 0 Å². The van der Waals surface area contributed by atoms with Crippen molar-refractivity contribution in [3.05, 3.63) is 30.3 Å². The van der Waals surface area contributed by atoms with E-state index in [0.717, 1.165) is 18.7 Å². The second kappa shape index (κ2) is 8.93. The Morgan fingerprint density at radius 1 is 1.00 bits per heavy atom. The lowest BCUT2D eigenvalue weighted by molar-refractivity contribution is -0.125. The zero-order valence-electron chi connectivity index (χ0n) is 10.8. The molecule has 0 aliphatic heterocycles. The van der Waals surface area contributed by atoms with Gasteiger partial charge in [-0.1, -0.05) is 18.2 Å². The van der Waals surface area contributed by atoms with E-state index in [2.05, 4.69) is 16.0 Å². The fourth-order valence-corrected chi connectivity index (χ4v) is 1.42. The van der Waals surface area contributed by atoms with Gasteiger partial charge in [0.15, 0.2) is 0 Å². The monoisotopic (exact) mass is 264 g/mol. The van der Waals surface area contributed by atoms with E-state index in [1.165, 1.54) is 0 Å². The molecule has 0 spiro atoms. The summed E-state index contributed by atoms with van der Waals surface area (Å²) in [6, 6.07) is 9.86. The molecule has 0 atom stereocenters. The Labute approximate surface area is 112 Å². The van der Waals surface area contributed by atoms with Crippen molar-refractivity contribution in [1.82, 2.24) is 10.6 Å². The molecule has 19 heavy (non-hydrogen) atoms. The van der Waals surface area contributed by atoms with Crippen LogP contribution in [-0.2, 0) is 9.59 Å². The molecule has 0 heterocycles. The molecule has 5 N–H and O–H groups in total. The Hall–Kier alpha value is -2.08. The minimum Gasteiger partial charge on any atom is -0.385 e. The molecule has 1 aromatic rings. The number of para-hydroxylation sites is 1. The Kier molecular flexibility index (Phi) is 7.04. The first-order valence-corrected chi connectivity index (χ1v) is 6.24. The molecule has 0 radical (unpaired) electrons. The standard InChI is InChI=1S/C13H20N4O2/c14-9-12(18)17-10-13(19)16-8-4-7-15-11-5-2-1-3-6-11/h1-3,5-6,15H,4,7-10,14H2,(H,16,19)(H,17,18). The van der Waals surface area contributed by atoms with E-state index in [0.29, 0.717) is 6.54 Å². The normalized spacial score (nSPS) is 9.74. The maximum atomic E-state index is 11.3. The molecular formula is C13H20N4O2. The van der Waals surface area contributed by atoms with Gasteiger partial charge in [-0.2, -0.15) is 0 Å². The van der Waals surface area contributed by atoms with E-state index in [4.69, 9.17) is 5.73 Å². The summed E-state index contributed by atoms with van der Waals surface area (Å²) in [6.45, 7) is 1.22. The third kappa shape index (κ3) is 7.05. The van der Waals surface area contributed by atoms with Crippen LogP contribution in [0, 0.1) is 0 Å². The third-order valence-corrected chi connectivity index (χ3v) is 2.41. The van der Waals surface area contributed by atoms with E-state index >= 15 is 0 Å². The first-order chi connectivity index (χ1) is 9.22. The number of anilines is 1. The number of benzene rings is 1. The Morgan fingerprint density at radius 3 is 2.42 bits per heavy atom. The molecule has 0 aliphatic rings. The van der Waals surface area contributed by atoms with Crippen molar-refractivity contribution < 1.29 is 9.59 Å². The van der Waals surface area contributed by atoms with Gasteiger partial charge in [0, 0.05) is 18.8 Å². The van der Waals surface area contributed by atoms with Gasteiger partial charge in [-0.15, -0.1) is 0 Å². The number of nitrogens with one attached hydrogen (secondary N) is 3. The average Bonchev–Trinajstić information content (AvgIpc) is 2.45. The second-order valence-electron chi connectivity index (χ2n) is 3.98. The Morgan fingerprint density at radius 2 is 1.74 bits per heavy atom. The number of nitrogens with two attached hydrogens (primary N) is 1. The van der Waals surface area contributed by atoms with E-state index < -0.39 is 0 Å². The molecule has 1 rings (SSSR count). The van der Waals surface area contributed by atoms with E-state index in [-0.39, 0.29) is 24.9 Å². The molecule has 1 aromatic carbocycles. The quantitative estimate of drug-likeness (QED) is 0.484. The third-order valence-electron chi connectivity index (χ3n) is 2.41. The number of hydrogen-bond acceptors (Lipinski definition) is 4. The molecule has 6 nitrogen and oxygen atoms in total. The fourth-order valence-electron chi connectivity index (χ4n) is 1.42. The van der Waals surface area contributed by atoms with Crippen LogP contribution in [0.15, 0.2) is 30.3 Å². The molecular weight excluding hydrogens is 244 g/mol. The molecule has 0 aliphatic carbocycles. The van der Waals surface area contributed by atoms with Crippen molar-refractivity contribution in [1.29, 1.82) is 0 Å². The van der Waals surface area contributed by atoms with Crippen LogP contribution in [0.3, 0.4) is 0 Å². The topological polar surface area (TPSA) is 96.2 Å². The van der Waals surface area contributed by atoms with Crippen LogP contribution in [0.25, 0.3) is 0 Å². The highest BCUT2D eigenvalue weighted by Crippen LogP contribution is 2.03. The number of amides is 2. The zero-order valence-corrected chi connectivity index (χ0v) is 10.8. The van der Waals surface area contributed by atoms with Crippen LogP contribution in [-0.4, -0.2) is 38.0 Å². The van der Waals surface area contributed by atoms with Crippen LogP contribution < -0.4 is 21.7 Å². The summed E-state index contributed by atoms with van der Waals surface area (Å²) in [7, 11) is 0. The van der Waals surface area contributed by atoms with Gasteiger partial charge in [-0.25, -0.2) is 0 Å². The van der Waals surface area contributed by atoms with Gasteiger partial charge < -0.3 is 21.7 Å². The van der Waals surface area contributed by atoms with E-state index in [9.17, 15) is 9.59 Å². The van der Waals surface area contributed by atoms with Gasteiger partial charge in [0.25, 0.3) is 0 Å². The summed E-state index contributed by atoms with van der Waals surface area (Å²) in [6.07, 6.45) is 0.811. The molecule has 0 unspecified atom stereocenters. The summed E-state index contributed by atoms with van der Waals surface area (Å²) < 4.78 is 0. The predicted molar refractivity (Wildman–Crippen MR) is 74.6 cm³/mol. The van der Waals surface area contributed by atoms with E-state index in [1.807, 2.05) is 30.3 Å². The lowest BCUT2D eigenvalue weighted by Crippen LogP contribution is -2.39. The number of carbonyl (C=O) groups is 2. The largest absolute Gasteiger partial charge is 0.385 e. The van der Waals surface area contributed by atoms with Crippen molar-refractivity contribution in [3.63, 3.8) is 0 Å². The van der Waals surface area contributed by atoms with Gasteiger partial charge in [0.05, 0.1) is 13.1 Å². The highest BCUT2D eigenvalue weighted by Gasteiger charge is 2.02. The number of hydrogen-bond donors (Lipinski definition) is 4. The molecule has 2 amide bonds. The van der Waals surface area contributed by atoms with Crippen molar-refractivity contribution in [2.75, 3.05) is 31.5 Å². The first kappa shape index (κ1) is 15.0. The molecule has 0 aromatic heterocycles. The number of carbonyl (C=O) groups excluding carboxylic acids is 2. The average molecular weight is 264 g/mol. The smallest absolute Gasteiger partial charge is 0.239 e. The lowest BCUT2D eigenvalue weighted by Gasteiger charge is -2.08. The summed E-state index contributed by atoms with van der Waals surface area (Å²) in [5.74, 6) is -0.539. The van der Waals surface area contributed by atoms with Gasteiger partial charge in [0.2, 0.25) is 11.8 Å². The van der Waals surface area contributed by atoms with Gasteiger partial charge in [0.1, 0.15) is 0 Å². The second-order valence-corrected chi connectivity index (χ2v) is 3.98. The van der Waals surface area contributed by atoms with Crippen LogP contribution in [0.5, 0.6) is 0 Å². The van der Waals surface area contributed by atoms with Crippen molar-refractivity contribution >= 4 is 17.5 Å². The van der Waals surface area contributed by atoms with Gasteiger partial charge in [-0.3, -0.25) is 9.59 Å². The SMILES string of the molecule is NCC(=O)NCC(=O)NCCCNc1ccccc1. The molecule has 0 fully saturated rings. The Balaban J connectivity index is 2.01. The molecule has 6 heteroatoms. The maximum Gasteiger partial charge on any atom is 0.239 e.